The van der Waals surface area contributed by atoms with Crippen molar-refractivity contribution in [1.29, 1.82) is 0 Å². The average Bonchev–Trinajstić information content (AvgIpc) is 1.91. The molecule has 8 heteroatoms. The quantitative estimate of drug-likeness (QED) is 0.533. The highest BCUT2D eigenvalue weighted by atomic mass is 19.4. The van der Waals surface area contributed by atoms with Crippen molar-refractivity contribution in [2.75, 3.05) is 14.1 Å². The molecule has 0 spiro atoms. The normalized spacial score (nSPS) is 9.50. The van der Waals surface area contributed by atoms with Crippen LogP contribution in [-0.4, -0.2) is 26.7 Å². The van der Waals surface area contributed by atoms with Crippen molar-refractivity contribution in [2.24, 2.45) is 0 Å². The molecule has 0 rings (SSSR count). The van der Waals surface area contributed by atoms with Crippen LogP contribution in [-0.2, 0) is 0 Å². The Morgan fingerprint density at radius 3 is 1.08 bits per heavy atom. The van der Waals surface area contributed by atoms with Gasteiger partial charge in [-0.05, 0) is 0 Å². The Labute approximate surface area is 63.2 Å². The summed E-state index contributed by atoms with van der Waals surface area (Å²) in [7, 11) is 0.500. The highest BCUT2D eigenvalue weighted by Crippen LogP contribution is 2.22. The molecule has 0 fully saturated rings. The van der Waals surface area contributed by atoms with Crippen LogP contribution in [0.4, 0.5) is 35.1 Å². The fourth-order valence-corrected chi connectivity index (χ4v) is 0. The first-order valence-corrected chi connectivity index (χ1v) is 2.20. The predicted molar refractivity (Wildman–Crippen MR) is 26.2 cm³/mol. The minimum atomic E-state index is -5.33. The molecule has 0 saturated heterocycles. The Kier molecular flexibility index (Phi) is 15.2. The Balaban J connectivity index is -0.000000137. The van der Waals surface area contributed by atoms with Crippen LogP contribution in [0.5, 0.6) is 0 Å². The van der Waals surface area contributed by atoms with Gasteiger partial charge in [0.2, 0.25) is 6.93 Å². The molecule has 0 aromatic rings. The van der Waals surface area contributed by atoms with Crippen LogP contribution in [0.15, 0.2) is 0 Å². The van der Waals surface area contributed by atoms with E-state index in [0.29, 0.717) is 7.18 Å². The Morgan fingerprint density at radius 1 is 1.00 bits per heavy atom. The number of hydrogen-bond donors (Lipinski definition) is 0. The van der Waals surface area contributed by atoms with Gasteiger partial charge in [-0.25, -0.2) is 17.6 Å². The van der Waals surface area contributed by atoms with E-state index in [4.69, 9.17) is 0 Å². The van der Waals surface area contributed by atoms with Crippen LogP contribution >= 0.6 is 0 Å². The van der Waals surface area contributed by atoms with Gasteiger partial charge in [-0.3, -0.25) is 4.39 Å². The smallest absolute Gasteiger partial charge is 0.255 e. The summed E-state index contributed by atoms with van der Waals surface area (Å²) in [5, 5.41) is 0. The van der Waals surface area contributed by atoms with E-state index < -0.39 is 19.5 Å². The molecule has 0 heterocycles. The molecule has 0 aromatic carbocycles. The summed E-state index contributed by atoms with van der Waals surface area (Å²) in [5.74, 6) is 0. The molecule has 0 unspecified atom stereocenters. The van der Waals surface area contributed by atoms with Crippen LogP contribution in [0.3, 0.4) is 0 Å². The maximum atomic E-state index is 10.4. The zero-order valence-corrected chi connectivity index (χ0v) is 5.81. The number of halogens is 8. The SMILES string of the molecule is CF.FC(F)C(F)(F)F.FCF. The molecular weight excluding hydrogens is 200 g/mol. The molecule has 0 amide bonds. The van der Waals surface area contributed by atoms with Gasteiger partial charge in [0.15, 0.2) is 0 Å². The van der Waals surface area contributed by atoms with Crippen LogP contribution in [0, 0.1) is 0 Å². The van der Waals surface area contributed by atoms with E-state index in [0.717, 1.165) is 0 Å². The summed E-state index contributed by atoms with van der Waals surface area (Å²) in [4.78, 5) is 0. The number of rotatable bonds is 0. The van der Waals surface area contributed by atoms with Crippen LogP contribution in [0.1, 0.15) is 0 Å². The van der Waals surface area contributed by atoms with Crippen LogP contribution < -0.4 is 0 Å². The van der Waals surface area contributed by atoms with Gasteiger partial charge >= 0.3 is 12.6 Å². The lowest BCUT2D eigenvalue weighted by molar-refractivity contribution is -0.219. The van der Waals surface area contributed by atoms with Crippen molar-refractivity contribution in [3.8, 4) is 0 Å². The van der Waals surface area contributed by atoms with E-state index in [-0.39, 0.29) is 0 Å². The fraction of sp³-hybridized carbons (Fsp3) is 1.00. The van der Waals surface area contributed by atoms with Gasteiger partial charge < -0.3 is 0 Å². The second-order valence-corrected chi connectivity index (χ2v) is 0.943. The molecule has 0 aromatic heterocycles. The summed E-state index contributed by atoms with van der Waals surface area (Å²) in [6.45, 7) is -1.75. The van der Waals surface area contributed by atoms with Crippen molar-refractivity contribution in [2.45, 2.75) is 12.6 Å². The zero-order chi connectivity index (χ0) is 10.8. The van der Waals surface area contributed by atoms with Crippen molar-refractivity contribution in [1.82, 2.24) is 0 Å². The van der Waals surface area contributed by atoms with Gasteiger partial charge in [0, 0.05) is 0 Å². The van der Waals surface area contributed by atoms with Gasteiger partial charge in [-0.2, -0.15) is 13.2 Å². The van der Waals surface area contributed by atoms with Crippen molar-refractivity contribution < 1.29 is 35.1 Å². The molecule has 0 N–H and O–H groups in total. The third kappa shape index (κ3) is 22.7. The van der Waals surface area contributed by atoms with Crippen molar-refractivity contribution in [3.63, 3.8) is 0 Å². The first-order chi connectivity index (χ1) is 5.36. The van der Waals surface area contributed by atoms with Gasteiger partial charge in [-0.1, -0.05) is 0 Å². The molecule has 0 aliphatic carbocycles. The first kappa shape index (κ1) is 17.5. The minimum Gasteiger partial charge on any atom is -0.255 e. The molecule has 0 aliphatic heterocycles. The molecule has 0 atom stereocenters. The van der Waals surface area contributed by atoms with Gasteiger partial charge in [0.05, 0.1) is 7.18 Å². The van der Waals surface area contributed by atoms with E-state index in [1.165, 1.54) is 0 Å². The maximum absolute atomic E-state index is 10.4. The van der Waals surface area contributed by atoms with Crippen LogP contribution in [0.2, 0.25) is 0 Å². The lowest BCUT2D eigenvalue weighted by Crippen LogP contribution is -2.18. The summed E-state index contributed by atoms with van der Waals surface area (Å²) in [6, 6.07) is 0. The molecule has 0 nitrogen and oxygen atoms in total. The number of alkyl halides is 8. The fourth-order valence-electron chi connectivity index (χ4n) is 0. The van der Waals surface area contributed by atoms with E-state index in [2.05, 4.69) is 0 Å². The minimum absolute atomic E-state index is 0.500. The van der Waals surface area contributed by atoms with Gasteiger partial charge in [0.25, 0.3) is 0 Å². The van der Waals surface area contributed by atoms with E-state index >= 15 is 0 Å². The van der Waals surface area contributed by atoms with Gasteiger partial charge in [0.1, 0.15) is 0 Å². The highest BCUT2D eigenvalue weighted by molar-refractivity contribution is 4.48. The first-order valence-electron chi connectivity index (χ1n) is 2.20. The molecule has 0 saturated carbocycles. The van der Waals surface area contributed by atoms with Crippen molar-refractivity contribution >= 4 is 0 Å². The standard InChI is InChI=1S/C2HF5.CH2F2.CH3F/c3-1(4)2(5,6)7;2-1-3;1-2/h1H;1H2;1H3. The monoisotopic (exact) mass is 206 g/mol. The van der Waals surface area contributed by atoms with Gasteiger partial charge in [-0.15, -0.1) is 0 Å². The predicted octanol–water partition coefficient (Wildman–Crippen LogP) is 3.28. The number of hydrogen-bond acceptors (Lipinski definition) is 0. The second kappa shape index (κ2) is 10.4. The second-order valence-electron chi connectivity index (χ2n) is 0.943. The third-order valence-corrected chi connectivity index (χ3v) is 0.247. The highest BCUT2D eigenvalue weighted by Gasteiger charge is 2.40. The molecule has 78 valence electrons. The zero-order valence-electron chi connectivity index (χ0n) is 5.81. The Morgan fingerprint density at radius 2 is 1.08 bits per heavy atom. The molecule has 0 aliphatic rings. The summed E-state index contributed by atoms with van der Waals surface area (Å²) in [6.07, 6.45) is -9.53. The van der Waals surface area contributed by atoms with E-state index in [9.17, 15) is 35.1 Å². The third-order valence-electron chi connectivity index (χ3n) is 0.247. The molecule has 12 heavy (non-hydrogen) atoms. The Bertz CT molecular complexity index is 65.9. The molecule has 0 bridgehead atoms. The lowest BCUT2D eigenvalue weighted by atomic mass is 10.7. The largest absolute Gasteiger partial charge is 0.450 e. The van der Waals surface area contributed by atoms with E-state index in [1.54, 1.807) is 0 Å². The summed E-state index contributed by atoms with van der Waals surface area (Å²) in [5.41, 5.74) is 0. The maximum Gasteiger partial charge on any atom is 0.450 e. The average molecular weight is 206 g/mol. The lowest BCUT2D eigenvalue weighted by Gasteiger charge is -2.00. The van der Waals surface area contributed by atoms with Crippen molar-refractivity contribution in [3.05, 3.63) is 0 Å². The topological polar surface area (TPSA) is 0 Å². The van der Waals surface area contributed by atoms with Crippen LogP contribution in [0.25, 0.3) is 0 Å². The summed E-state index contributed by atoms with van der Waals surface area (Å²) < 4.78 is 80.9. The molecular formula is C4H6F8. The Hall–Kier alpha value is -0.560. The summed E-state index contributed by atoms with van der Waals surface area (Å²) >= 11 is 0. The molecule has 0 radical (unpaired) electrons. The van der Waals surface area contributed by atoms with E-state index in [1.807, 2.05) is 0 Å².